The van der Waals surface area contributed by atoms with Gasteiger partial charge in [-0.1, -0.05) is 0 Å². The molecule has 0 radical (unpaired) electrons. The summed E-state index contributed by atoms with van der Waals surface area (Å²) in [4.78, 5) is 0.696. The number of hydrogen-bond donors (Lipinski definition) is 0. The van der Waals surface area contributed by atoms with E-state index in [0.717, 1.165) is 6.42 Å². The van der Waals surface area contributed by atoms with Gasteiger partial charge in [-0.05, 0) is 0 Å². The molecule has 0 heterocycles. The summed E-state index contributed by atoms with van der Waals surface area (Å²) in [5, 5.41) is 0.366. The third-order valence-corrected chi connectivity index (χ3v) is 6.39. The monoisotopic (exact) mass is 304 g/mol. The summed E-state index contributed by atoms with van der Waals surface area (Å²) >= 11 is 7.02. The fourth-order valence-corrected chi connectivity index (χ4v) is 5.08. The van der Waals surface area contributed by atoms with Crippen LogP contribution in [0.1, 0.15) is 39.5 Å². The maximum atomic E-state index is 6.49. The van der Waals surface area contributed by atoms with E-state index < -0.39 is 0 Å². The molecule has 1 rings (SSSR count). The van der Waals surface area contributed by atoms with Gasteiger partial charge in [0.1, 0.15) is 0 Å². The van der Waals surface area contributed by atoms with Crippen molar-refractivity contribution in [2.45, 2.75) is 49.7 Å². The van der Waals surface area contributed by atoms with Gasteiger partial charge in [0.15, 0.2) is 0 Å². The van der Waals surface area contributed by atoms with Crippen LogP contribution in [0.3, 0.4) is 0 Å². The second-order valence-electron chi connectivity index (χ2n) is 4.06. The van der Waals surface area contributed by atoms with Crippen molar-refractivity contribution < 1.29 is 0 Å². The van der Waals surface area contributed by atoms with E-state index in [1.807, 2.05) is 0 Å². The van der Waals surface area contributed by atoms with Crippen molar-refractivity contribution >= 4 is 31.0 Å². The van der Waals surface area contributed by atoms with Gasteiger partial charge in [-0.2, -0.15) is 0 Å². The quantitative estimate of drug-likeness (QED) is 0.527. The molecule has 0 fully saturated rings. The van der Waals surface area contributed by atoms with Crippen LogP contribution in [0.25, 0.3) is 0 Å². The van der Waals surface area contributed by atoms with Crippen LogP contribution in [0.5, 0.6) is 0 Å². The Labute approximate surface area is 111 Å². The van der Waals surface area contributed by atoms with E-state index >= 15 is 0 Å². The van der Waals surface area contributed by atoms with Crippen molar-refractivity contribution in [3.63, 3.8) is 0 Å². The summed E-state index contributed by atoms with van der Waals surface area (Å²) in [6.45, 7) is 4.47. The van der Waals surface area contributed by atoms with Gasteiger partial charge in [-0.15, -0.1) is 0 Å². The molecule has 1 aromatic carbocycles. The van der Waals surface area contributed by atoms with E-state index in [1.54, 1.807) is 0 Å². The summed E-state index contributed by atoms with van der Waals surface area (Å²) < 4.78 is 1.48. The van der Waals surface area contributed by atoms with Gasteiger partial charge < -0.3 is 0 Å². The fourth-order valence-electron chi connectivity index (χ4n) is 1.73. The van der Waals surface area contributed by atoms with E-state index in [-0.39, 0.29) is 0 Å². The Morgan fingerprint density at radius 1 is 1.06 bits per heavy atom. The van der Waals surface area contributed by atoms with Crippen LogP contribution in [-0.4, -0.2) is 20.3 Å². The number of halogens is 1. The van der Waals surface area contributed by atoms with Crippen molar-refractivity contribution in [1.82, 2.24) is 0 Å². The normalized spacial score (nSPS) is 14.7. The predicted octanol–water partition coefficient (Wildman–Crippen LogP) is 4.01. The summed E-state index contributed by atoms with van der Waals surface area (Å²) in [7, 11) is 0. The molecule has 90 valence electrons. The molecule has 2 heteroatoms. The van der Waals surface area contributed by atoms with Crippen molar-refractivity contribution in [2.75, 3.05) is 0 Å². The number of rotatable bonds is 7. The molecule has 0 nitrogen and oxygen atoms in total. The molecule has 0 N–H and O–H groups in total. The molecule has 16 heavy (non-hydrogen) atoms. The van der Waals surface area contributed by atoms with E-state index in [1.165, 1.54) is 23.7 Å². The van der Waals surface area contributed by atoms with Crippen LogP contribution in [0.15, 0.2) is 30.3 Å². The predicted molar refractivity (Wildman–Crippen MR) is 75.0 cm³/mol. The molecule has 0 bridgehead atoms. The van der Waals surface area contributed by atoms with E-state index in [0.29, 0.717) is 25.2 Å². The van der Waals surface area contributed by atoms with E-state index in [9.17, 15) is 0 Å². The van der Waals surface area contributed by atoms with Crippen molar-refractivity contribution in [1.29, 1.82) is 0 Å². The van der Waals surface area contributed by atoms with Crippen LogP contribution in [0.4, 0.5) is 0 Å². The Morgan fingerprint density at radius 3 is 2.25 bits per heavy atom. The Balaban J connectivity index is 2.57. The van der Waals surface area contributed by atoms with Crippen LogP contribution < -0.4 is 4.46 Å². The first-order valence-electron chi connectivity index (χ1n) is 6.13. The number of hydrogen-bond acceptors (Lipinski definition) is 0. The van der Waals surface area contributed by atoms with Crippen molar-refractivity contribution in [2.24, 2.45) is 0 Å². The molecule has 0 spiro atoms. The zero-order valence-electron chi connectivity index (χ0n) is 10.2. The fraction of sp³-hybridized carbons (Fsp3) is 0.571. The molecule has 0 aliphatic carbocycles. The molecule has 0 saturated carbocycles. The molecule has 1 aromatic rings. The molecule has 0 aromatic heterocycles. The third kappa shape index (κ3) is 4.91. The van der Waals surface area contributed by atoms with Crippen LogP contribution in [0, 0.1) is 0 Å². The SMILES string of the molecule is CCC[C@H](Cl)[C@@H](CCC)[Se]c1ccccc1. The summed E-state index contributed by atoms with van der Waals surface area (Å²) in [5.41, 5.74) is 0. The Kier molecular flexibility index (Phi) is 7.19. The average Bonchev–Trinajstić information content (AvgIpc) is 2.30. The zero-order valence-corrected chi connectivity index (χ0v) is 12.6. The van der Waals surface area contributed by atoms with Gasteiger partial charge in [0.05, 0.1) is 0 Å². The van der Waals surface area contributed by atoms with Crippen LogP contribution >= 0.6 is 11.6 Å². The molecule has 0 aliphatic rings. The molecule has 0 aliphatic heterocycles. The molecule has 2 atom stereocenters. The second kappa shape index (κ2) is 8.17. The van der Waals surface area contributed by atoms with Gasteiger partial charge in [-0.3, -0.25) is 0 Å². The Morgan fingerprint density at radius 2 is 1.69 bits per heavy atom. The van der Waals surface area contributed by atoms with Crippen LogP contribution in [-0.2, 0) is 0 Å². The maximum absolute atomic E-state index is 6.49. The minimum atomic E-state index is 0.366. The van der Waals surface area contributed by atoms with Gasteiger partial charge in [-0.25, -0.2) is 0 Å². The average molecular weight is 304 g/mol. The zero-order chi connectivity index (χ0) is 11.8. The minimum absolute atomic E-state index is 0.366. The van der Waals surface area contributed by atoms with E-state index in [2.05, 4.69) is 44.2 Å². The van der Waals surface area contributed by atoms with Gasteiger partial charge in [0.25, 0.3) is 0 Å². The standard InChI is InChI=1S/C14H21ClSe/c1-3-8-13(15)14(9-4-2)16-12-10-6-5-7-11-12/h5-7,10-11,13-14H,3-4,8-9H2,1-2H3/t13-,14+/m0/s1. The Hall–Kier alpha value is 0.0295. The third-order valence-electron chi connectivity index (χ3n) is 2.57. The molecule has 0 saturated heterocycles. The first-order chi connectivity index (χ1) is 7.77. The first-order valence-corrected chi connectivity index (χ1v) is 8.41. The number of alkyl halides is 1. The van der Waals surface area contributed by atoms with Crippen molar-refractivity contribution in [3.8, 4) is 0 Å². The van der Waals surface area contributed by atoms with Crippen LogP contribution in [0.2, 0.25) is 4.82 Å². The molecular weight excluding hydrogens is 283 g/mol. The number of benzene rings is 1. The molecular formula is C14H21ClSe. The molecule has 0 amide bonds. The van der Waals surface area contributed by atoms with Gasteiger partial charge in [0, 0.05) is 0 Å². The van der Waals surface area contributed by atoms with E-state index in [4.69, 9.17) is 11.6 Å². The summed E-state index contributed by atoms with van der Waals surface area (Å²) in [6.07, 6.45) is 4.86. The first kappa shape index (κ1) is 14.1. The Bertz CT molecular complexity index is 273. The van der Waals surface area contributed by atoms with Crippen molar-refractivity contribution in [3.05, 3.63) is 30.3 Å². The van der Waals surface area contributed by atoms with Gasteiger partial charge >= 0.3 is 111 Å². The topological polar surface area (TPSA) is 0 Å². The van der Waals surface area contributed by atoms with Gasteiger partial charge in [0.2, 0.25) is 0 Å². The second-order valence-corrected chi connectivity index (χ2v) is 7.38. The summed E-state index contributed by atoms with van der Waals surface area (Å²) in [5.74, 6) is 0. The molecule has 0 unspecified atom stereocenters. The summed E-state index contributed by atoms with van der Waals surface area (Å²) in [6, 6.07) is 10.8.